The molecule has 0 radical (unpaired) electrons. The number of aromatic nitrogens is 1. The molecule has 0 aliphatic carbocycles. The lowest BCUT2D eigenvalue weighted by atomic mass is 10.1. The summed E-state index contributed by atoms with van der Waals surface area (Å²) in [6, 6.07) is 10.2. The van der Waals surface area contributed by atoms with Gasteiger partial charge in [-0.05, 0) is 25.2 Å². The average molecular weight is 299 g/mol. The summed E-state index contributed by atoms with van der Waals surface area (Å²) >= 11 is 1.50. The van der Waals surface area contributed by atoms with Crippen LogP contribution in [-0.4, -0.2) is 30.5 Å². The molecule has 0 spiro atoms. The summed E-state index contributed by atoms with van der Waals surface area (Å²) in [4.78, 5) is 4.57. The fourth-order valence-electron chi connectivity index (χ4n) is 2.65. The number of benzene rings is 1. The second kappa shape index (κ2) is 6.33. The van der Waals surface area contributed by atoms with Crippen molar-refractivity contribution in [3.63, 3.8) is 0 Å². The quantitative estimate of drug-likeness (QED) is 0.877. The molecule has 1 N–H and O–H groups in total. The molecule has 1 aromatic carbocycles. The molecular weight excluding hydrogens is 282 g/mol. The molecule has 1 aliphatic rings. The summed E-state index contributed by atoms with van der Waals surface area (Å²) in [5, 5.41) is 14.7. The minimum absolute atomic E-state index is 0.237. The SMILES string of the molecule is CSc1nc2ccccc2c(NCC2CCCO2)c1C#N. The summed E-state index contributed by atoms with van der Waals surface area (Å²) in [6.45, 7) is 1.57. The Morgan fingerprint density at radius 2 is 2.33 bits per heavy atom. The first-order valence-electron chi connectivity index (χ1n) is 7.05. The molecule has 0 saturated carbocycles. The van der Waals surface area contributed by atoms with E-state index < -0.39 is 0 Å². The van der Waals surface area contributed by atoms with Crippen LogP contribution in [0.25, 0.3) is 10.9 Å². The van der Waals surface area contributed by atoms with E-state index in [4.69, 9.17) is 4.74 Å². The van der Waals surface area contributed by atoms with Gasteiger partial charge in [-0.15, -0.1) is 11.8 Å². The molecule has 3 rings (SSSR count). The van der Waals surface area contributed by atoms with E-state index in [1.165, 1.54) is 11.8 Å². The number of fused-ring (bicyclic) bond motifs is 1. The van der Waals surface area contributed by atoms with Crippen LogP contribution < -0.4 is 5.32 Å². The van der Waals surface area contributed by atoms with Gasteiger partial charge >= 0.3 is 0 Å². The molecule has 0 amide bonds. The van der Waals surface area contributed by atoms with Gasteiger partial charge in [-0.2, -0.15) is 5.26 Å². The van der Waals surface area contributed by atoms with Crippen molar-refractivity contribution in [2.45, 2.75) is 24.0 Å². The zero-order valence-electron chi connectivity index (χ0n) is 11.9. The number of thioether (sulfide) groups is 1. The normalized spacial score (nSPS) is 17.8. The minimum atomic E-state index is 0.237. The largest absolute Gasteiger partial charge is 0.381 e. The molecular formula is C16H17N3OS. The maximum Gasteiger partial charge on any atom is 0.116 e. The molecule has 1 aliphatic heterocycles. The second-order valence-corrected chi connectivity index (χ2v) is 5.81. The highest BCUT2D eigenvalue weighted by Gasteiger charge is 2.18. The molecule has 1 unspecified atom stereocenters. The van der Waals surface area contributed by atoms with Gasteiger partial charge in [0.05, 0.1) is 17.3 Å². The lowest BCUT2D eigenvalue weighted by Crippen LogP contribution is -2.19. The highest BCUT2D eigenvalue weighted by Crippen LogP contribution is 2.32. The number of hydrogen-bond donors (Lipinski definition) is 1. The molecule has 1 saturated heterocycles. The maximum absolute atomic E-state index is 9.51. The summed E-state index contributed by atoms with van der Waals surface area (Å²) in [5.41, 5.74) is 2.41. The van der Waals surface area contributed by atoms with Crippen LogP contribution in [0.1, 0.15) is 18.4 Å². The summed E-state index contributed by atoms with van der Waals surface area (Å²) < 4.78 is 5.65. The molecule has 2 aromatic rings. The highest BCUT2D eigenvalue weighted by atomic mass is 32.2. The van der Waals surface area contributed by atoms with Gasteiger partial charge in [-0.3, -0.25) is 0 Å². The Morgan fingerprint density at radius 1 is 1.48 bits per heavy atom. The first kappa shape index (κ1) is 14.2. The van der Waals surface area contributed by atoms with Crippen molar-refractivity contribution in [2.75, 3.05) is 24.7 Å². The lowest BCUT2D eigenvalue weighted by molar-refractivity contribution is 0.120. The third kappa shape index (κ3) is 2.82. The number of hydrogen-bond acceptors (Lipinski definition) is 5. The van der Waals surface area contributed by atoms with Gasteiger partial charge in [0.2, 0.25) is 0 Å². The third-order valence-corrected chi connectivity index (χ3v) is 4.38. The Kier molecular flexibility index (Phi) is 4.28. The standard InChI is InChI=1S/C16H17N3OS/c1-21-16-13(9-17)15(18-10-11-5-4-8-20-11)12-6-2-3-7-14(12)19-16/h2-3,6-7,11H,4-5,8,10H2,1H3,(H,18,19). The van der Waals surface area contributed by atoms with Crippen LogP contribution in [-0.2, 0) is 4.74 Å². The molecule has 21 heavy (non-hydrogen) atoms. The van der Waals surface area contributed by atoms with Gasteiger partial charge in [-0.25, -0.2) is 4.98 Å². The van der Waals surface area contributed by atoms with Crippen LogP contribution in [0.5, 0.6) is 0 Å². The number of pyridine rings is 1. The van der Waals surface area contributed by atoms with Crippen LogP contribution >= 0.6 is 11.8 Å². The monoisotopic (exact) mass is 299 g/mol. The maximum atomic E-state index is 9.51. The lowest BCUT2D eigenvalue weighted by Gasteiger charge is -2.16. The number of para-hydroxylation sites is 1. The van der Waals surface area contributed by atoms with E-state index in [0.29, 0.717) is 5.56 Å². The Morgan fingerprint density at radius 3 is 3.05 bits per heavy atom. The van der Waals surface area contributed by atoms with Crippen LogP contribution in [0, 0.1) is 11.3 Å². The van der Waals surface area contributed by atoms with Gasteiger partial charge in [-0.1, -0.05) is 18.2 Å². The zero-order valence-corrected chi connectivity index (χ0v) is 12.7. The number of rotatable bonds is 4. The van der Waals surface area contributed by atoms with Gasteiger partial charge in [0.15, 0.2) is 0 Å². The third-order valence-electron chi connectivity index (χ3n) is 3.69. The molecule has 0 bridgehead atoms. The Bertz CT molecular complexity index is 690. The van der Waals surface area contributed by atoms with Gasteiger partial charge in [0.1, 0.15) is 16.7 Å². The first-order valence-corrected chi connectivity index (χ1v) is 8.28. The van der Waals surface area contributed by atoms with E-state index in [1.54, 1.807) is 0 Å². The number of nitrogens with one attached hydrogen (secondary N) is 1. The topological polar surface area (TPSA) is 57.9 Å². The second-order valence-electron chi connectivity index (χ2n) is 5.02. The molecule has 108 valence electrons. The predicted octanol–water partition coefficient (Wildman–Crippen LogP) is 3.42. The van der Waals surface area contributed by atoms with Crippen molar-refractivity contribution in [3.05, 3.63) is 29.8 Å². The van der Waals surface area contributed by atoms with E-state index >= 15 is 0 Å². The van der Waals surface area contributed by atoms with Gasteiger partial charge < -0.3 is 10.1 Å². The van der Waals surface area contributed by atoms with Gasteiger partial charge in [0.25, 0.3) is 0 Å². The number of ether oxygens (including phenoxy) is 1. The van der Waals surface area contributed by atoms with Crippen molar-refractivity contribution >= 4 is 28.4 Å². The molecule has 4 nitrogen and oxygen atoms in total. The van der Waals surface area contributed by atoms with Crippen molar-refractivity contribution in [2.24, 2.45) is 0 Å². The molecule has 2 heterocycles. The van der Waals surface area contributed by atoms with Crippen LogP contribution in [0.2, 0.25) is 0 Å². The van der Waals surface area contributed by atoms with Crippen molar-refractivity contribution in [1.82, 2.24) is 4.98 Å². The Balaban J connectivity index is 2.02. The van der Waals surface area contributed by atoms with E-state index in [-0.39, 0.29) is 6.10 Å². The van der Waals surface area contributed by atoms with E-state index in [1.807, 2.05) is 30.5 Å². The number of anilines is 1. The van der Waals surface area contributed by atoms with Crippen LogP contribution in [0.4, 0.5) is 5.69 Å². The summed E-state index contributed by atoms with van der Waals surface area (Å²) in [6.07, 6.45) is 4.38. The number of nitrogens with zero attached hydrogens (tertiary/aromatic N) is 2. The predicted molar refractivity (Wildman–Crippen MR) is 85.7 cm³/mol. The minimum Gasteiger partial charge on any atom is -0.381 e. The van der Waals surface area contributed by atoms with Crippen LogP contribution in [0.3, 0.4) is 0 Å². The van der Waals surface area contributed by atoms with Crippen molar-refractivity contribution in [3.8, 4) is 6.07 Å². The molecule has 5 heteroatoms. The summed E-state index contributed by atoms with van der Waals surface area (Å²) in [5.74, 6) is 0. The molecule has 1 aromatic heterocycles. The average Bonchev–Trinajstić information content (AvgIpc) is 3.04. The molecule has 1 fully saturated rings. The van der Waals surface area contributed by atoms with Crippen molar-refractivity contribution in [1.29, 1.82) is 5.26 Å². The Labute approximate surface area is 128 Å². The van der Waals surface area contributed by atoms with Gasteiger partial charge in [0, 0.05) is 18.5 Å². The fourth-order valence-corrected chi connectivity index (χ4v) is 3.19. The first-order chi connectivity index (χ1) is 10.3. The van der Waals surface area contributed by atoms with E-state index in [9.17, 15) is 5.26 Å². The smallest absolute Gasteiger partial charge is 0.116 e. The van der Waals surface area contributed by atoms with E-state index in [0.717, 1.165) is 47.6 Å². The summed E-state index contributed by atoms with van der Waals surface area (Å²) in [7, 11) is 0. The Hall–Kier alpha value is -1.77. The number of nitriles is 1. The zero-order chi connectivity index (χ0) is 14.7. The van der Waals surface area contributed by atoms with E-state index in [2.05, 4.69) is 16.4 Å². The fraction of sp³-hybridized carbons (Fsp3) is 0.375. The molecule has 1 atom stereocenters. The van der Waals surface area contributed by atoms with Crippen LogP contribution in [0.15, 0.2) is 29.3 Å². The highest BCUT2D eigenvalue weighted by molar-refractivity contribution is 7.98. The van der Waals surface area contributed by atoms with Crippen molar-refractivity contribution < 1.29 is 4.74 Å².